The number of nitrogens with two attached hydrogens (primary N) is 1. The van der Waals surface area contributed by atoms with Crippen LogP contribution in [0.15, 0.2) is 23.4 Å². The minimum Gasteiger partial charge on any atom is -0.409 e. The van der Waals surface area contributed by atoms with E-state index in [0.29, 0.717) is 12.1 Å². The Kier molecular flexibility index (Phi) is 3.81. The Morgan fingerprint density at radius 1 is 1.61 bits per heavy atom. The van der Waals surface area contributed by atoms with Gasteiger partial charge >= 0.3 is 0 Å². The number of nitrogens with one attached hydrogen (secondary N) is 1. The van der Waals surface area contributed by atoms with Crippen LogP contribution in [-0.2, 0) is 6.54 Å². The molecule has 2 atom stereocenters. The van der Waals surface area contributed by atoms with Gasteiger partial charge in [-0.1, -0.05) is 18.1 Å². The molecule has 4 nitrogen and oxygen atoms in total. The van der Waals surface area contributed by atoms with Gasteiger partial charge in [0.15, 0.2) is 5.84 Å². The second-order valence-electron chi connectivity index (χ2n) is 4.89. The smallest absolute Gasteiger partial charge is 0.170 e. The molecule has 1 aromatic rings. The molecule has 2 rings (SSSR count). The predicted octanol–water partition coefficient (Wildman–Crippen LogP) is 1.67. The summed E-state index contributed by atoms with van der Waals surface area (Å²) >= 11 is 0. The van der Waals surface area contributed by atoms with Crippen molar-refractivity contribution < 1.29 is 9.60 Å². The van der Waals surface area contributed by atoms with E-state index in [1.807, 2.05) is 0 Å². The SMILES string of the molecule is CC1CC1CNCc1ccc(F)cc1/C(N)=N/O. The van der Waals surface area contributed by atoms with Gasteiger partial charge in [0.1, 0.15) is 5.82 Å². The van der Waals surface area contributed by atoms with Crippen LogP contribution in [0.4, 0.5) is 4.39 Å². The molecule has 1 aliphatic rings. The molecule has 98 valence electrons. The Labute approximate surface area is 106 Å². The summed E-state index contributed by atoms with van der Waals surface area (Å²) < 4.78 is 13.1. The van der Waals surface area contributed by atoms with E-state index in [9.17, 15) is 4.39 Å². The van der Waals surface area contributed by atoms with Crippen molar-refractivity contribution in [3.8, 4) is 0 Å². The molecule has 1 saturated carbocycles. The van der Waals surface area contributed by atoms with Gasteiger partial charge in [-0.2, -0.15) is 0 Å². The summed E-state index contributed by atoms with van der Waals surface area (Å²) in [5.74, 6) is 1.09. The molecule has 0 spiro atoms. The van der Waals surface area contributed by atoms with Crippen LogP contribution in [0.1, 0.15) is 24.5 Å². The van der Waals surface area contributed by atoms with E-state index < -0.39 is 5.82 Å². The third kappa shape index (κ3) is 2.98. The average Bonchev–Trinajstić information content (AvgIpc) is 3.06. The Balaban J connectivity index is 2.02. The highest BCUT2D eigenvalue weighted by molar-refractivity contribution is 5.98. The van der Waals surface area contributed by atoms with Gasteiger partial charge in [0.25, 0.3) is 0 Å². The number of amidine groups is 1. The van der Waals surface area contributed by atoms with E-state index in [1.165, 1.54) is 18.6 Å². The quantitative estimate of drug-likeness (QED) is 0.322. The molecule has 0 aliphatic heterocycles. The van der Waals surface area contributed by atoms with Crippen molar-refractivity contribution in [1.29, 1.82) is 0 Å². The first-order valence-electron chi connectivity index (χ1n) is 6.09. The number of rotatable bonds is 5. The molecule has 1 aromatic carbocycles. The van der Waals surface area contributed by atoms with Crippen molar-refractivity contribution in [2.45, 2.75) is 19.9 Å². The van der Waals surface area contributed by atoms with Gasteiger partial charge in [0.2, 0.25) is 0 Å². The predicted molar refractivity (Wildman–Crippen MR) is 67.9 cm³/mol. The van der Waals surface area contributed by atoms with Gasteiger partial charge in [-0.05, 0) is 42.5 Å². The summed E-state index contributed by atoms with van der Waals surface area (Å²) in [4.78, 5) is 0. The molecule has 5 heteroatoms. The molecule has 0 amide bonds. The van der Waals surface area contributed by atoms with Crippen molar-refractivity contribution in [2.24, 2.45) is 22.7 Å². The fraction of sp³-hybridized carbons (Fsp3) is 0.462. The van der Waals surface area contributed by atoms with E-state index in [-0.39, 0.29) is 5.84 Å². The maximum Gasteiger partial charge on any atom is 0.170 e. The van der Waals surface area contributed by atoms with Crippen molar-refractivity contribution in [1.82, 2.24) is 5.32 Å². The molecule has 1 fully saturated rings. The molecule has 0 saturated heterocycles. The molecule has 0 radical (unpaired) electrons. The third-order valence-electron chi connectivity index (χ3n) is 3.45. The monoisotopic (exact) mass is 251 g/mol. The lowest BCUT2D eigenvalue weighted by molar-refractivity contribution is 0.318. The number of hydrogen-bond donors (Lipinski definition) is 3. The fourth-order valence-corrected chi connectivity index (χ4v) is 2.07. The van der Waals surface area contributed by atoms with Gasteiger partial charge < -0.3 is 16.3 Å². The van der Waals surface area contributed by atoms with Crippen LogP contribution in [0.5, 0.6) is 0 Å². The first-order chi connectivity index (χ1) is 8.61. The molecule has 0 heterocycles. The average molecular weight is 251 g/mol. The Bertz CT molecular complexity index is 462. The van der Waals surface area contributed by atoms with Gasteiger partial charge in [-0.15, -0.1) is 0 Å². The Hall–Kier alpha value is -1.62. The second kappa shape index (κ2) is 5.35. The molecule has 0 aromatic heterocycles. The fourth-order valence-electron chi connectivity index (χ4n) is 2.07. The van der Waals surface area contributed by atoms with Crippen LogP contribution in [0.25, 0.3) is 0 Å². The van der Waals surface area contributed by atoms with Crippen molar-refractivity contribution >= 4 is 5.84 Å². The minimum absolute atomic E-state index is 0.0638. The normalized spacial score (nSPS) is 23.1. The second-order valence-corrected chi connectivity index (χ2v) is 4.89. The third-order valence-corrected chi connectivity index (χ3v) is 3.45. The summed E-state index contributed by atoms with van der Waals surface area (Å²) in [5, 5.41) is 14.9. The van der Waals surface area contributed by atoms with E-state index in [1.54, 1.807) is 6.07 Å². The first-order valence-corrected chi connectivity index (χ1v) is 6.09. The van der Waals surface area contributed by atoms with Gasteiger partial charge in [0, 0.05) is 12.1 Å². The zero-order valence-electron chi connectivity index (χ0n) is 10.4. The Morgan fingerprint density at radius 2 is 2.33 bits per heavy atom. The first kappa shape index (κ1) is 12.8. The number of hydrogen-bond acceptors (Lipinski definition) is 3. The summed E-state index contributed by atoms with van der Waals surface area (Å²) in [6.45, 7) is 3.77. The van der Waals surface area contributed by atoms with Crippen molar-refractivity contribution in [2.75, 3.05) is 6.54 Å². The summed E-state index contributed by atoms with van der Waals surface area (Å²) in [6, 6.07) is 4.32. The molecular weight excluding hydrogens is 233 g/mol. The number of benzene rings is 1. The molecule has 4 N–H and O–H groups in total. The number of halogens is 1. The zero-order valence-corrected chi connectivity index (χ0v) is 10.4. The van der Waals surface area contributed by atoms with Crippen LogP contribution in [0.3, 0.4) is 0 Å². The van der Waals surface area contributed by atoms with E-state index in [2.05, 4.69) is 17.4 Å². The molecule has 0 bridgehead atoms. The van der Waals surface area contributed by atoms with Gasteiger partial charge in [-0.25, -0.2) is 4.39 Å². The van der Waals surface area contributed by atoms with E-state index >= 15 is 0 Å². The maximum atomic E-state index is 13.1. The van der Waals surface area contributed by atoms with Crippen molar-refractivity contribution in [3.05, 3.63) is 35.1 Å². The number of oxime groups is 1. The highest BCUT2D eigenvalue weighted by atomic mass is 19.1. The number of nitrogens with zero attached hydrogens (tertiary/aromatic N) is 1. The Morgan fingerprint density at radius 3 is 2.94 bits per heavy atom. The lowest BCUT2D eigenvalue weighted by Gasteiger charge is -2.09. The van der Waals surface area contributed by atoms with E-state index in [0.717, 1.165) is 23.9 Å². The summed E-state index contributed by atoms with van der Waals surface area (Å²) in [7, 11) is 0. The van der Waals surface area contributed by atoms with Crippen LogP contribution in [0, 0.1) is 17.7 Å². The summed E-state index contributed by atoms with van der Waals surface area (Å²) in [6.07, 6.45) is 1.27. The molecule has 18 heavy (non-hydrogen) atoms. The lowest BCUT2D eigenvalue weighted by atomic mass is 10.1. The highest BCUT2D eigenvalue weighted by Gasteiger charge is 2.31. The highest BCUT2D eigenvalue weighted by Crippen LogP contribution is 2.36. The van der Waals surface area contributed by atoms with Crippen LogP contribution < -0.4 is 11.1 Å². The topological polar surface area (TPSA) is 70.6 Å². The molecule has 1 aliphatic carbocycles. The van der Waals surface area contributed by atoms with Gasteiger partial charge in [0.05, 0.1) is 0 Å². The lowest BCUT2D eigenvalue weighted by Crippen LogP contribution is -2.21. The van der Waals surface area contributed by atoms with E-state index in [4.69, 9.17) is 10.9 Å². The molecular formula is C13H18FN3O. The maximum absolute atomic E-state index is 13.1. The van der Waals surface area contributed by atoms with Crippen LogP contribution in [-0.4, -0.2) is 17.6 Å². The standard InChI is InChI=1S/C13H18FN3O/c1-8-4-10(8)7-16-6-9-2-3-11(14)5-12(9)13(15)17-18/h2-3,5,8,10,16,18H,4,6-7H2,1H3,(H2,15,17). The molecule has 2 unspecified atom stereocenters. The van der Waals surface area contributed by atoms with Crippen LogP contribution in [0.2, 0.25) is 0 Å². The minimum atomic E-state index is -0.392. The van der Waals surface area contributed by atoms with Crippen molar-refractivity contribution in [3.63, 3.8) is 0 Å². The zero-order chi connectivity index (χ0) is 13.1. The summed E-state index contributed by atoms with van der Waals surface area (Å²) in [5.41, 5.74) is 6.81. The van der Waals surface area contributed by atoms with Gasteiger partial charge in [-0.3, -0.25) is 0 Å². The van der Waals surface area contributed by atoms with Crippen LogP contribution >= 0.6 is 0 Å². The largest absolute Gasteiger partial charge is 0.409 e.